The van der Waals surface area contributed by atoms with Crippen LogP contribution >= 0.6 is 0 Å². The number of amides is 1. The van der Waals surface area contributed by atoms with Crippen molar-refractivity contribution in [3.05, 3.63) is 12.3 Å². The van der Waals surface area contributed by atoms with Crippen molar-refractivity contribution >= 4 is 11.7 Å². The first-order chi connectivity index (χ1) is 8.52. The molecule has 3 N–H and O–H groups in total. The molecule has 1 rings (SSSR count). The molecule has 1 unspecified atom stereocenters. The predicted molar refractivity (Wildman–Crippen MR) is 72.3 cm³/mol. The average molecular weight is 253 g/mol. The quantitative estimate of drug-likeness (QED) is 0.742. The zero-order valence-corrected chi connectivity index (χ0v) is 11.4. The molecule has 0 aliphatic rings. The Labute approximate surface area is 108 Å². The van der Waals surface area contributed by atoms with E-state index in [0.29, 0.717) is 12.2 Å². The van der Waals surface area contributed by atoms with E-state index in [-0.39, 0.29) is 5.91 Å². The molecular formula is C12H23N5O. The van der Waals surface area contributed by atoms with Gasteiger partial charge in [-0.2, -0.15) is 5.10 Å². The van der Waals surface area contributed by atoms with Crippen LogP contribution in [0.4, 0.5) is 5.82 Å². The summed E-state index contributed by atoms with van der Waals surface area (Å²) in [6.07, 6.45) is 3.43. The molecule has 1 atom stereocenters. The third kappa shape index (κ3) is 4.85. The maximum absolute atomic E-state index is 11.7. The highest BCUT2D eigenvalue weighted by atomic mass is 16.2. The number of nitrogens with one attached hydrogen (secondary N) is 1. The van der Waals surface area contributed by atoms with E-state index >= 15 is 0 Å². The van der Waals surface area contributed by atoms with E-state index in [1.54, 1.807) is 10.7 Å². The molecule has 0 fully saturated rings. The Morgan fingerprint density at radius 2 is 2.33 bits per heavy atom. The topological polar surface area (TPSA) is 76.2 Å². The molecule has 0 saturated heterocycles. The van der Waals surface area contributed by atoms with E-state index < -0.39 is 6.04 Å². The smallest absolute Gasteiger partial charge is 0.242 e. The number of rotatable bonds is 7. The Morgan fingerprint density at radius 1 is 1.61 bits per heavy atom. The number of hydrogen-bond donors (Lipinski definition) is 2. The van der Waals surface area contributed by atoms with Crippen molar-refractivity contribution in [1.29, 1.82) is 0 Å². The average Bonchev–Trinajstić information content (AvgIpc) is 2.74. The maximum atomic E-state index is 11.7. The molecule has 0 saturated carbocycles. The molecule has 0 spiro atoms. The first kappa shape index (κ1) is 14.7. The van der Waals surface area contributed by atoms with Gasteiger partial charge in [0, 0.05) is 18.8 Å². The van der Waals surface area contributed by atoms with E-state index in [1.165, 1.54) is 0 Å². The van der Waals surface area contributed by atoms with Crippen LogP contribution in [0, 0.1) is 0 Å². The fourth-order valence-corrected chi connectivity index (χ4v) is 1.52. The molecule has 1 aromatic rings. The summed E-state index contributed by atoms with van der Waals surface area (Å²) < 4.78 is 1.81. The van der Waals surface area contributed by atoms with Crippen LogP contribution in [0.25, 0.3) is 0 Å². The second kappa shape index (κ2) is 7.13. The number of nitrogens with zero attached hydrogens (tertiary/aromatic N) is 3. The lowest BCUT2D eigenvalue weighted by molar-refractivity contribution is -0.117. The zero-order chi connectivity index (χ0) is 13.5. The largest absolute Gasteiger partial charge is 0.320 e. The second-order valence-corrected chi connectivity index (χ2v) is 4.65. The highest BCUT2D eigenvalue weighted by Crippen LogP contribution is 2.04. The van der Waals surface area contributed by atoms with Gasteiger partial charge in [0.2, 0.25) is 5.91 Å². The van der Waals surface area contributed by atoms with Gasteiger partial charge in [-0.05, 0) is 20.5 Å². The molecule has 0 aromatic carbocycles. The van der Waals surface area contributed by atoms with Gasteiger partial charge in [-0.15, -0.1) is 0 Å². The molecule has 1 amide bonds. The van der Waals surface area contributed by atoms with Crippen molar-refractivity contribution < 1.29 is 4.79 Å². The van der Waals surface area contributed by atoms with Gasteiger partial charge in [0.25, 0.3) is 0 Å². The summed E-state index contributed by atoms with van der Waals surface area (Å²) in [5.74, 6) is 0.389. The molecule has 18 heavy (non-hydrogen) atoms. The first-order valence-electron chi connectivity index (χ1n) is 6.27. The first-order valence-corrected chi connectivity index (χ1v) is 6.27. The number of carbonyl (C=O) groups is 1. The molecule has 0 bridgehead atoms. The number of aromatic nitrogens is 2. The van der Waals surface area contributed by atoms with Gasteiger partial charge in [0.05, 0.1) is 12.6 Å². The van der Waals surface area contributed by atoms with Crippen molar-refractivity contribution in [3.8, 4) is 0 Å². The number of anilines is 1. The van der Waals surface area contributed by atoms with Gasteiger partial charge in [-0.25, -0.2) is 0 Å². The molecule has 0 radical (unpaired) electrons. The molecule has 102 valence electrons. The Bertz CT molecular complexity index is 374. The van der Waals surface area contributed by atoms with Crippen LogP contribution in [0.15, 0.2) is 12.3 Å². The Balaban J connectivity index is 2.45. The molecule has 6 heteroatoms. The van der Waals surface area contributed by atoms with Crippen molar-refractivity contribution in [2.24, 2.45) is 5.73 Å². The van der Waals surface area contributed by atoms with Crippen LogP contribution in [0.1, 0.15) is 19.8 Å². The van der Waals surface area contributed by atoms with Gasteiger partial charge < -0.3 is 16.0 Å². The number of likely N-dealkylation sites (N-methyl/N-ethyl adjacent to an activating group) is 1. The van der Waals surface area contributed by atoms with Crippen molar-refractivity contribution in [2.75, 3.05) is 26.0 Å². The number of hydrogen-bond acceptors (Lipinski definition) is 4. The third-order valence-corrected chi connectivity index (χ3v) is 2.60. The monoisotopic (exact) mass is 253 g/mol. The highest BCUT2D eigenvalue weighted by Gasteiger charge is 2.13. The minimum Gasteiger partial charge on any atom is -0.320 e. The number of nitrogens with two attached hydrogens (primary N) is 1. The van der Waals surface area contributed by atoms with E-state index in [1.807, 2.05) is 27.2 Å². The Kier molecular flexibility index (Phi) is 5.80. The van der Waals surface area contributed by atoms with Gasteiger partial charge in [-0.3, -0.25) is 9.48 Å². The lowest BCUT2D eigenvalue weighted by Gasteiger charge is -2.10. The standard InChI is InChI=1S/C12H23N5O/c1-4-5-10(13)12(18)14-11-6-7-17(15-11)9-8-16(2)3/h6-7,10H,4-5,8-9,13H2,1-3H3,(H,14,15,18). The van der Waals surface area contributed by atoms with Crippen molar-refractivity contribution in [3.63, 3.8) is 0 Å². The van der Waals surface area contributed by atoms with E-state index in [4.69, 9.17) is 5.73 Å². The van der Waals surface area contributed by atoms with E-state index in [9.17, 15) is 4.79 Å². The summed E-state index contributed by atoms with van der Waals surface area (Å²) in [6, 6.07) is 1.33. The Hall–Kier alpha value is -1.40. The normalized spacial score (nSPS) is 12.7. The van der Waals surface area contributed by atoms with Crippen LogP contribution in [0.3, 0.4) is 0 Å². The summed E-state index contributed by atoms with van der Waals surface area (Å²) in [5.41, 5.74) is 5.73. The minimum absolute atomic E-state index is 0.172. The molecule has 1 heterocycles. The lowest BCUT2D eigenvalue weighted by atomic mass is 10.2. The van der Waals surface area contributed by atoms with Gasteiger partial charge in [0.1, 0.15) is 0 Å². The van der Waals surface area contributed by atoms with E-state index in [2.05, 4.69) is 15.3 Å². The molecule has 0 aliphatic heterocycles. The Morgan fingerprint density at radius 3 is 2.94 bits per heavy atom. The molecular weight excluding hydrogens is 230 g/mol. The number of carbonyl (C=O) groups excluding carboxylic acids is 1. The predicted octanol–water partition coefficient (Wildman–Crippen LogP) is 0.511. The summed E-state index contributed by atoms with van der Waals surface area (Å²) in [6.45, 7) is 3.71. The SMILES string of the molecule is CCCC(N)C(=O)Nc1ccn(CCN(C)C)n1. The summed E-state index contributed by atoms with van der Waals surface area (Å²) >= 11 is 0. The molecule has 6 nitrogen and oxygen atoms in total. The van der Waals surface area contributed by atoms with Crippen LogP contribution in [-0.2, 0) is 11.3 Å². The van der Waals surface area contributed by atoms with Crippen LogP contribution in [-0.4, -0.2) is 47.3 Å². The molecule has 1 aromatic heterocycles. The van der Waals surface area contributed by atoms with Crippen molar-refractivity contribution in [1.82, 2.24) is 14.7 Å². The van der Waals surface area contributed by atoms with Gasteiger partial charge in [-0.1, -0.05) is 13.3 Å². The fourth-order valence-electron chi connectivity index (χ4n) is 1.52. The highest BCUT2D eigenvalue weighted by molar-refractivity contribution is 5.93. The zero-order valence-electron chi connectivity index (χ0n) is 11.4. The summed E-state index contributed by atoms with van der Waals surface area (Å²) in [4.78, 5) is 13.8. The van der Waals surface area contributed by atoms with Crippen molar-refractivity contribution in [2.45, 2.75) is 32.4 Å². The van der Waals surface area contributed by atoms with Gasteiger partial charge >= 0.3 is 0 Å². The van der Waals surface area contributed by atoms with Gasteiger partial charge in [0.15, 0.2) is 5.82 Å². The van der Waals surface area contributed by atoms with Crippen LogP contribution < -0.4 is 11.1 Å². The fraction of sp³-hybridized carbons (Fsp3) is 0.667. The lowest BCUT2D eigenvalue weighted by Crippen LogP contribution is -2.35. The second-order valence-electron chi connectivity index (χ2n) is 4.65. The summed E-state index contributed by atoms with van der Waals surface area (Å²) in [5, 5.41) is 6.99. The molecule has 0 aliphatic carbocycles. The maximum Gasteiger partial charge on any atom is 0.242 e. The minimum atomic E-state index is -0.457. The van der Waals surface area contributed by atoms with Crippen LogP contribution in [0.2, 0.25) is 0 Å². The third-order valence-electron chi connectivity index (χ3n) is 2.60. The summed E-state index contributed by atoms with van der Waals surface area (Å²) in [7, 11) is 4.02. The van der Waals surface area contributed by atoms with Crippen LogP contribution in [0.5, 0.6) is 0 Å². The van der Waals surface area contributed by atoms with E-state index in [0.717, 1.165) is 19.5 Å².